The molecular weight excluding hydrogens is 284 g/mol. The number of carbonyl (C=O) groups is 1. The SMILES string of the molecule is COC(=O)CN(C)S(=O)(=O)CCOc1ccccc1N. The molecule has 8 heteroatoms. The van der Waals surface area contributed by atoms with E-state index in [-0.39, 0.29) is 18.9 Å². The van der Waals surface area contributed by atoms with Crippen molar-refractivity contribution in [2.24, 2.45) is 0 Å². The molecule has 0 aliphatic carbocycles. The van der Waals surface area contributed by atoms with Crippen LogP contribution < -0.4 is 10.5 Å². The van der Waals surface area contributed by atoms with Gasteiger partial charge >= 0.3 is 5.97 Å². The van der Waals surface area contributed by atoms with E-state index in [1.807, 2.05) is 0 Å². The lowest BCUT2D eigenvalue weighted by Crippen LogP contribution is -2.35. The minimum absolute atomic E-state index is 0.0535. The molecule has 0 atom stereocenters. The highest BCUT2D eigenvalue weighted by Crippen LogP contribution is 2.19. The van der Waals surface area contributed by atoms with E-state index in [9.17, 15) is 13.2 Å². The van der Waals surface area contributed by atoms with Crippen LogP contribution in [0, 0.1) is 0 Å². The Bertz CT molecular complexity index is 559. The Kier molecular flexibility index (Phi) is 5.78. The van der Waals surface area contributed by atoms with Gasteiger partial charge in [-0.3, -0.25) is 4.79 Å². The average molecular weight is 302 g/mol. The van der Waals surface area contributed by atoms with E-state index in [0.29, 0.717) is 11.4 Å². The molecule has 0 amide bonds. The lowest BCUT2D eigenvalue weighted by atomic mass is 10.3. The molecule has 0 aromatic heterocycles. The van der Waals surface area contributed by atoms with E-state index >= 15 is 0 Å². The average Bonchev–Trinajstić information content (AvgIpc) is 2.40. The fraction of sp³-hybridized carbons (Fsp3) is 0.417. The summed E-state index contributed by atoms with van der Waals surface area (Å²) in [6, 6.07) is 6.81. The Morgan fingerprint density at radius 2 is 2.00 bits per heavy atom. The molecule has 0 unspecified atom stereocenters. The van der Waals surface area contributed by atoms with Crippen molar-refractivity contribution >= 4 is 21.7 Å². The van der Waals surface area contributed by atoms with Gasteiger partial charge in [0, 0.05) is 7.05 Å². The lowest BCUT2D eigenvalue weighted by Gasteiger charge is -2.16. The third kappa shape index (κ3) is 4.71. The first-order chi connectivity index (χ1) is 9.36. The quantitative estimate of drug-likeness (QED) is 0.566. The number of para-hydroxylation sites is 2. The van der Waals surface area contributed by atoms with Gasteiger partial charge in [-0.2, -0.15) is 4.31 Å². The predicted octanol–water partition coefficient (Wildman–Crippen LogP) is 0.0822. The Morgan fingerprint density at radius 1 is 1.35 bits per heavy atom. The third-order valence-corrected chi connectivity index (χ3v) is 4.33. The van der Waals surface area contributed by atoms with Gasteiger partial charge in [-0.15, -0.1) is 0 Å². The molecule has 0 saturated heterocycles. The van der Waals surface area contributed by atoms with Crippen molar-refractivity contribution in [3.05, 3.63) is 24.3 Å². The first-order valence-corrected chi connectivity index (χ1v) is 7.46. The number of ether oxygens (including phenoxy) is 2. The number of likely N-dealkylation sites (N-methyl/N-ethyl adjacent to an activating group) is 1. The molecule has 0 saturated carbocycles. The lowest BCUT2D eigenvalue weighted by molar-refractivity contribution is -0.140. The number of carbonyl (C=O) groups excluding carboxylic acids is 1. The zero-order chi connectivity index (χ0) is 15.2. The monoisotopic (exact) mass is 302 g/mol. The summed E-state index contributed by atoms with van der Waals surface area (Å²) < 4.78 is 34.4. The summed E-state index contributed by atoms with van der Waals surface area (Å²) in [6.07, 6.45) is 0. The maximum absolute atomic E-state index is 11.9. The molecule has 20 heavy (non-hydrogen) atoms. The molecule has 1 aromatic carbocycles. The van der Waals surface area contributed by atoms with Crippen molar-refractivity contribution in [1.82, 2.24) is 4.31 Å². The number of esters is 1. The number of anilines is 1. The summed E-state index contributed by atoms with van der Waals surface area (Å²) in [5.41, 5.74) is 6.11. The molecule has 0 spiro atoms. The van der Waals surface area contributed by atoms with Crippen LogP contribution in [0.15, 0.2) is 24.3 Å². The van der Waals surface area contributed by atoms with Gasteiger partial charge in [0.15, 0.2) is 0 Å². The van der Waals surface area contributed by atoms with Gasteiger partial charge in [-0.25, -0.2) is 8.42 Å². The van der Waals surface area contributed by atoms with Gasteiger partial charge in [-0.05, 0) is 12.1 Å². The van der Waals surface area contributed by atoms with Gasteiger partial charge in [0.2, 0.25) is 10.0 Å². The predicted molar refractivity (Wildman–Crippen MR) is 74.8 cm³/mol. The third-order valence-electron chi connectivity index (χ3n) is 2.57. The second-order valence-corrected chi connectivity index (χ2v) is 6.23. The Labute approximate surface area is 118 Å². The van der Waals surface area contributed by atoms with Crippen molar-refractivity contribution in [3.8, 4) is 5.75 Å². The Balaban J connectivity index is 2.52. The van der Waals surface area contributed by atoms with Crippen LogP contribution in [-0.4, -0.2) is 51.8 Å². The summed E-state index contributed by atoms with van der Waals surface area (Å²) in [5.74, 6) is -0.447. The zero-order valence-corrected chi connectivity index (χ0v) is 12.2. The standard InChI is InChI=1S/C12H18N2O5S/c1-14(9-12(15)18-2)20(16,17)8-7-19-11-6-4-3-5-10(11)13/h3-6H,7-9,13H2,1-2H3. The first kappa shape index (κ1) is 16.3. The van der Waals surface area contributed by atoms with Gasteiger partial charge in [-0.1, -0.05) is 12.1 Å². The summed E-state index contributed by atoms with van der Waals surface area (Å²) in [7, 11) is -1.07. The van der Waals surface area contributed by atoms with Crippen molar-refractivity contribution in [3.63, 3.8) is 0 Å². The maximum Gasteiger partial charge on any atom is 0.320 e. The number of nitrogen functional groups attached to an aromatic ring is 1. The van der Waals surface area contributed by atoms with E-state index in [1.165, 1.54) is 14.2 Å². The smallest absolute Gasteiger partial charge is 0.320 e. The number of methoxy groups -OCH3 is 1. The number of rotatable bonds is 7. The second kappa shape index (κ2) is 7.11. The molecule has 0 heterocycles. The van der Waals surface area contributed by atoms with Crippen LogP contribution in [0.2, 0.25) is 0 Å². The molecule has 0 radical (unpaired) electrons. The molecule has 0 bridgehead atoms. The van der Waals surface area contributed by atoms with E-state index in [4.69, 9.17) is 10.5 Å². The molecule has 0 aliphatic rings. The molecule has 0 fully saturated rings. The highest BCUT2D eigenvalue weighted by molar-refractivity contribution is 7.89. The number of benzene rings is 1. The minimum Gasteiger partial charge on any atom is -0.490 e. The molecule has 2 N–H and O–H groups in total. The van der Waals surface area contributed by atoms with E-state index in [0.717, 1.165) is 4.31 Å². The van der Waals surface area contributed by atoms with Crippen LogP contribution in [0.1, 0.15) is 0 Å². The summed E-state index contributed by atoms with van der Waals surface area (Å²) in [5, 5.41) is 0. The molecule has 112 valence electrons. The molecule has 0 aliphatic heterocycles. The molecule has 1 aromatic rings. The summed E-state index contributed by atoms with van der Waals surface area (Å²) in [4.78, 5) is 11.0. The number of nitrogens with zero attached hydrogens (tertiary/aromatic N) is 1. The van der Waals surface area contributed by atoms with Crippen LogP contribution in [0.4, 0.5) is 5.69 Å². The summed E-state index contributed by atoms with van der Waals surface area (Å²) >= 11 is 0. The number of hydrogen-bond donors (Lipinski definition) is 1. The van der Waals surface area contributed by atoms with Crippen molar-refractivity contribution in [2.45, 2.75) is 0 Å². The highest BCUT2D eigenvalue weighted by Gasteiger charge is 2.20. The maximum atomic E-state index is 11.9. The van der Waals surface area contributed by atoms with Crippen LogP contribution in [-0.2, 0) is 19.6 Å². The van der Waals surface area contributed by atoms with Gasteiger partial charge in [0.25, 0.3) is 0 Å². The Morgan fingerprint density at radius 3 is 2.60 bits per heavy atom. The zero-order valence-electron chi connectivity index (χ0n) is 11.4. The van der Waals surface area contributed by atoms with E-state index in [2.05, 4.69) is 4.74 Å². The van der Waals surface area contributed by atoms with Crippen LogP contribution in [0.5, 0.6) is 5.75 Å². The minimum atomic E-state index is -3.58. The van der Waals surface area contributed by atoms with Crippen molar-refractivity contribution < 1.29 is 22.7 Å². The van der Waals surface area contributed by atoms with Crippen molar-refractivity contribution in [2.75, 3.05) is 38.8 Å². The largest absolute Gasteiger partial charge is 0.490 e. The first-order valence-electron chi connectivity index (χ1n) is 5.85. The van der Waals surface area contributed by atoms with E-state index in [1.54, 1.807) is 24.3 Å². The molecular formula is C12H18N2O5S. The van der Waals surface area contributed by atoms with Gasteiger partial charge < -0.3 is 15.2 Å². The number of hydrogen-bond acceptors (Lipinski definition) is 6. The van der Waals surface area contributed by atoms with Crippen LogP contribution in [0.3, 0.4) is 0 Å². The summed E-state index contributed by atoms with van der Waals surface area (Å²) in [6.45, 7) is -0.381. The fourth-order valence-electron chi connectivity index (χ4n) is 1.37. The van der Waals surface area contributed by atoms with Crippen LogP contribution >= 0.6 is 0 Å². The van der Waals surface area contributed by atoms with Crippen molar-refractivity contribution in [1.29, 1.82) is 0 Å². The van der Waals surface area contributed by atoms with E-state index < -0.39 is 16.0 Å². The molecule has 1 rings (SSSR count). The number of nitrogens with two attached hydrogens (primary N) is 1. The molecule has 7 nitrogen and oxygen atoms in total. The normalized spacial score (nSPS) is 11.3. The highest BCUT2D eigenvalue weighted by atomic mass is 32.2. The Hall–Kier alpha value is -1.80. The topological polar surface area (TPSA) is 98.9 Å². The van der Waals surface area contributed by atoms with Gasteiger partial charge in [0.1, 0.15) is 18.9 Å². The second-order valence-electron chi connectivity index (χ2n) is 4.03. The fourth-order valence-corrected chi connectivity index (χ4v) is 2.28. The number of sulfonamides is 1. The van der Waals surface area contributed by atoms with Crippen LogP contribution in [0.25, 0.3) is 0 Å². The van der Waals surface area contributed by atoms with Gasteiger partial charge in [0.05, 0.1) is 18.6 Å².